The molecule has 335 valence electrons. The molecular weight excluding hydrogens is 983 g/mol. The second-order valence-corrected chi connectivity index (χ2v) is 24.8. The first-order valence-corrected chi connectivity index (χ1v) is 27.1. The third-order valence-corrected chi connectivity index (χ3v) is 15.5. The van der Waals surface area contributed by atoms with Gasteiger partial charge in [0.25, 0.3) is 0 Å². The zero-order chi connectivity index (χ0) is 45.3. The molecule has 2 aromatic heterocycles. The van der Waals surface area contributed by atoms with E-state index >= 15 is 0 Å². The van der Waals surface area contributed by atoms with Crippen LogP contribution in [0.5, 0.6) is 0 Å². The van der Waals surface area contributed by atoms with Crippen LogP contribution in [0.15, 0.2) is 140 Å². The fraction of sp³-hybridized carbons (Fsp3) is 0.300. The SMILES string of the molecule is CC(C)Cc1cc(-c2[c-]ccc(-c3ccccc3)c2)ncc1[Si](C)(C)C.CCC1(CC)c2c[c-]c(-c3nc4ccccc4n3-c3c(C(C)C)cccc3C(C)C)cc2-c2ccccc21.[Ir]. The summed E-state index contributed by atoms with van der Waals surface area (Å²) in [5.74, 6) is 2.39. The third-order valence-electron chi connectivity index (χ3n) is 13.4. The zero-order valence-electron chi connectivity index (χ0n) is 40.3. The van der Waals surface area contributed by atoms with E-state index in [9.17, 15) is 0 Å². The molecule has 0 unspecified atom stereocenters. The van der Waals surface area contributed by atoms with E-state index in [1.165, 1.54) is 60.9 Å². The van der Waals surface area contributed by atoms with Gasteiger partial charge in [-0.1, -0.05) is 190 Å². The fourth-order valence-corrected chi connectivity index (χ4v) is 11.7. The van der Waals surface area contributed by atoms with Crippen LogP contribution >= 0.6 is 0 Å². The second-order valence-electron chi connectivity index (χ2n) is 19.8. The van der Waals surface area contributed by atoms with Crippen LogP contribution in [-0.2, 0) is 31.9 Å². The normalized spacial score (nSPS) is 12.8. The molecule has 0 amide bonds. The third kappa shape index (κ3) is 9.31. The number of para-hydroxylation sites is 3. The molecule has 0 saturated heterocycles. The van der Waals surface area contributed by atoms with E-state index in [-0.39, 0.29) is 25.5 Å². The Balaban J connectivity index is 0.000000205. The van der Waals surface area contributed by atoms with E-state index in [4.69, 9.17) is 9.97 Å². The average Bonchev–Trinajstić information content (AvgIpc) is 3.82. The van der Waals surface area contributed by atoms with Crippen molar-refractivity contribution in [2.24, 2.45) is 5.92 Å². The van der Waals surface area contributed by atoms with E-state index in [1.807, 2.05) is 12.1 Å². The molecule has 8 aromatic rings. The maximum Gasteiger partial charge on any atom is 0.0798 e. The molecule has 0 N–H and O–H groups in total. The van der Waals surface area contributed by atoms with Gasteiger partial charge in [0.15, 0.2) is 0 Å². The molecule has 1 aliphatic rings. The predicted molar refractivity (Wildman–Crippen MR) is 276 cm³/mol. The molecule has 0 atom stereocenters. The van der Waals surface area contributed by atoms with Crippen molar-refractivity contribution in [1.29, 1.82) is 0 Å². The largest absolute Gasteiger partial charge is 0.333 e. The van der Waals surface area contributed by atoms with Crippen molar-refractivity contribution in [2.45, 2.75) is 112 Å². The van der Waals surface area contributed by atoms with Crippen molar-refractivity contribution < 1.29 is 20.1 Å². The van der Waals surface area contributed by atoms with Crippen molar-refractivity contribution >= 4 is 24.3 Å². The first-order valence-electron chi connectivity index (χ1n) is 23.6. The van der Waals surface area contributed by atoms with Crippen molar-refractivity contribution in [2.75, 3.05) is 0 Å². The van der Waals surface area contributed by atoms with Crippen molar-refractivity contribution in [3.05, 3.63) is 180 Å². The maximum absolute atomic E-state index is 5.25. The number of fused-ring (bicyclic) bond motifs is 4. The summed E-state index contributed by atoms with van der Waals surface area (Å²) in [6.45, 7) is 25.6. The number of nitrogens with zero attached hydrogens (tertiary/aromatic N) is 3. The Bertz CT molecular complexity index is 2890. The smallest absolute Gasteiger partial charge is 0.0798 e. The number of hydrogen-bond acceptors (Lipinski definition) is 2. The number of benzene rings is 6. The average molecular weight is 1050 g/mol. The molecule has 5 heteroatoms. The van der Waals surface area contributed by atoms with Gasteiger partial charge in [0.05, 0.1) is 24.9 Å². The molecule has 0 spiro atoms. The van der Waals surface area contributed by atoms with Crippen molar-refractivity contribution in [1.82, 2.24) is 14.5 Å². The molecule has 2 heterocycles. The Morgan fingerprint density at radius 2 is 1.31 bits per heavy atom. The number of imidazole rings is 1. The standard InChI is InChI=1S/C36H37N2.C24H28NSi.Ir/c1-7-36(8-2)30-17-10-9-14-28(30)29-22-25(20-21-31(29)36)35-37-32-18-11-12-19-33(32)38(35)34-26(23(3)4)15-13-16-27(34)24(5)6;1-18(2)14-22-16-23(25-17-24(22)26(3,4)5)21-13-9-12-20(15-21)19-10-7-6-8-11-19;/h9-19,21-24H,7-8H2,1-6H3;6-12,15-18H,14H2,1-5H3;/q2*-1;. The molecule has 1 aliphatic carbocycles. The Morgan fingerprint density at radius 1 is 0.646 bits per heavy atom. The van der Waals surface area contributed by atoms with Crippen LogP contribution < -0.4 is 5.19 Å². The van der Waals surface area contributed by atoms with E-state index in [2.05, 4.69) is 219 Å². The van der Waals surface area contributed by atoms with Gasteiger partial charge in [-0.3, -0.25) is 4.98 Å². The summed E-state index contributed by atoms with van der Waals surface area (Å²) in [5.41, 5.74) is 18.8. The van der Waals surface area contributed by atoms with Crippen LogP contribution in [0.3, 0.4) is 0 Å². The minimum absolute atomic E-state index is 0. The first-order chi connectivity index (χ1) is 30.7. The van der Waals surface area contributed by atoms with Crippen LogP contribution in [-0.4, -0.2) is 22.6 Å². The molecule has 6 aromatic carbocycles. The Kier molecular flexibility index (Phi) is 14.5. The number of hydrogen-bond donors (Lipinski definition) is 0. The summed E-state index contributed by atoms with van der Waals surface area (Å²) in [7, 11) is -1.40. The summed E-state index contributed by atoms with van der Waals surface area (Å²) in [4.78, 5) is 10.1. The zero-order valence-corrected chi connectivity index (χ0v) is 43.7. The topological polar surface area (TPSA) is 30.7 Å². The minimum Gasteiger partial charge on any atom is -0.333 e. The Morgan fingerprint density at radius 3 is 1.97 bits per heavy atom. The van der Waals surface area contributed by atoms with Gasteiger partial charge in [-0.15, -0.1) is 64.7 Å². The van der Waals surface area contributed by atoms with E-state index in [0.717, 1.165) is 52.9 Å². The maximum atomic E-state index is 5.25. The molecule has 1 radical (unpaired) electrons. The van der Waals surface area contributed by atoms with E-state index in [0.29, 0.717) is 17.8 Å². The second kappa shape index (κ2) is 19.7. The molecule has 0 fully saturated rings. The molecule has 0 bridgehead atoms. The quantitative estimate of drug-likeness (QED) is 0.0955. The van der Waals surface area contributed by atoms with Gasteiger partial charge in [0, 0.05) is 32.0 Å². The van der Waals surface area contributed by atoms with Crippen LogP contribution in [0.25, 0.3) is 61.6 Å². The Hall–Kier alpha value is -5.19. The van der Waals surface area contributed by atoms with E-state index < -0.39 is 8.07 Å². The summed E-state index contributed by atoms with van der Waals surface area (Å²) in [6.07, 6.45) is 5.40. The van der Waals surface area contributed by atoms with Gasteiger partial charge < -0.3 is 9.55 Å². The Labute approximate surface area is 404 Å². The summed E-state index contributed by atoms with van der Waals surface area (Å²) >= 11 is 0. The molecule has 0 aliphatic heterocycles. The van der Waals surface area contributed by atoms with Gasteiger partial charge in [-0.25, -0.2) is 0 Å². The number of rotatable bonds is 11. The first kappa shape index (κ1) is 47.8. The van der Waals surface area contributed by atoms with Gasteiger partial charge in [-0.05, 0) is 80.4 Å². The monoisotopic (exact) mass is 1050 g/mol. The van der Waals surface area contributed by atoms with Crippen LogP contribution in [0.1, 0.15) is 108 Å². The summed E-state index contributed by atoms with van der Waals surface area (Å²) in [6, 6.07) is 55.1. The molecule has 3 nitrogen and oxygen atoms in total. The predicted octanol–water partition coefficient (Wildman–Crippen LogP) is 15.8. The summed E-state index contributed by atoms with van der Waals surface area (Å²) < 4.78 is 2.41. The molecule has 0 saturated carbocycles. The van der Waals surface area contributed by atoms with Crippen LogP contribution in [0.2, 0.25) is 19.6 Å². The molecule has 65 heavy (non-hydrogen) atoms. The minimum atomic E-state index is -1.40. The number of pyridine rings is 1. The van der Waals surface area contributed by atoms with Gasteiger partial charge >= 0.3 is 0 Å². The van der Waals surface area contributed by atoms with Crippen molar-refractivity contribution in [3.63, 3.8) is 0 Å². The van der Waals surface area contributed by atoms with Gasteiger partial charge in [0.1, 0.15) is 0 Å². The van der Waals surface area contributed by atoms with Crippen molar-refractivity contribution in [3.8, 4) is 50.6 Å². The molecular formula is C60H65IrN3Si-2. The fourth-order valence-electron chi connectivity index (χ4n) is 10.1. The van der Waals surface area contributed by atoms with E-state index in [1.54, 1.807) is 0 Å². The molecule has 9 rings (SSSR count). The number of aromatic nitrogens is 3. The van der Waals surface area contributed by atoms with Crippen LogP contribution in [0, 0.1) is 18.1 Å². The van der Waals surface area contributed by atoms with Gasteiger partial charge in [-0.2, -0.15) is 0 Å². The van der Waals surface area contributed by atoms with Gasteiger partial charge in [0.2, 0.25) is 0 Å². The van der Waals surface area contributed by atoms with Crippen LogP contribution in [0.4, 0.5) is 0 Å². The summed E-state index contributed by atoms with van der Waals surface area (Å²) in [5, 5.41) is 1.48.